The molecule has 2 aliphatic carbocycles. The van der Waals surface area contributed by atoms with E-state index in [-0.39, 0.29) is 11.7 Å². The summed E-state index contributed by atoms with van der Waals surface area (Å²) in [7, 11) is 1.67. The lowest BCUT2D eigenvalue weighted by atomic mass is 10.0. The summed E-state index contributed by atoms with van der Waals surface area (Å²) in [6.07, 6.45) is 7.39. The van der Waals surface area contributed by atoms with Crippen molar-refractivity contribution in [2.75, 3.05) is 33.5 Å². The van der Waals surface area contributed by atoms with E-state index in [4.69, 9.17) is 9.47 Å². The molecular weight excluding hydrogens is 256 g/mol. The van der Waals surface area contributed by atoms with Gasteiger partial charge in [-0.1, -0.05) is 12.8 Å². The molecule has 1 amide bonds. The summed E-state index contributed by atoms with van der Waals surface area (Å²) in [4.78, 5) is 14.6. The van der Waals surface area contributed by atoms with Crippen molar-refractivity contribution in [2.24, 2.45) is 5.92 Å². The predicted octanol–water partition coefficient (Wildman–Crippen LogP) is 1.13. The fourth-order valence-corrected chi connectivity index (χ4v) is 3.60. The molecule has 0 aromatic carbocycles. The van der Waals surface area contributed by atoms with Crippen LogP contribution in [0.5, 0.6) is 0 Å². The standard InChI is InChI=1S/C15H26N2O3/c1-19-10-11-20-9-8-17-13(12-4-2-3-5-12)16-15(6-7-15)14(17)18/h12-13,16H,2-11H2,1H3. The minimum Gasteiger partial charge on any atom is -0.382 e. The van der Waals surface area contributed by atoms with Gasteiger partial charge in [-0.3, -0.25) is 10.1 Å². The Hall–Kier alpha value is -0.650. The number of amides is 1. The molecule has 5 nitrogen and oxygen atoms in total. The Bertz CT molecular complexity index is 351. The molecule has 1 aliphatic heterocycles. The smallest absolute Gasteiger partial charge is 0.244 e. The summed E-state index contributed by atoms with van der Waals surface area (Å²) in [6, 6.07) is 0. The normalized spacial score (nSPS) is 28.8. The summed E-state index contributed by atoms with van der Waals surface area (Å²) < 4.78 is 10.5. The zero-order valence-electron chi connectivity index (χ0n) is 12.4. The van der Waals surface area contributed by atoms with Crippen molar-refractivity contribution in [3.8, 4) is 0 Å². The lowest BCUT2D eigenvalue weighted by Crippen LogP contribution is -2.44. The number of hydrogen-bond acceptors (Lipinski definition) is 4. The molecule has 114 valence electrons. The third kappa shape index (κ3) is 2.71. The molecule has 1 atom stereocenters. The van der Waals surface area contributed by atoms with E-state index in [1.165, 1.54) is 25.7 Å². The van der Waals surface area contributed by atoms with Gasteiger partial charge in [-0.05, 0) is 31.6 Å². The number of carbonyl (C=O) groups excluding carboxylic acids is 1. The number of hydrogen-bond donors (Lipinski definition) is 1. The summed E-state index contributed by atoms with van der Waals surface area (Å²) in [5.41, 5.74) is -0.195. The maximum absolute atomic E-state index is 12.6. The van der Waals surface area contributed by atoms with Crippen molar-refractivity contribution >= 4 is 5.91 Å². The van der Waals surface area contributed by atoms with Gasteiger partial charge in [-0.15, -0.1) is 0 Å². The predicted molar refractivity (Wildman–Crippen MR) is 75.3 cm³/mol. The van der Waals surface area contributed by atoms with Gasteiger partial charge in [0, 0.05) is 13.7 Å². The van der Waals surface area contributed by atoms with Gasteiger partial charge in [0.15, 0.2) is 0 Å². The van der Waals surface area contributed by atoms with E-state index in [0.717, 1.165) is 12.8 Å². The molecule has 0 radical (unpaired) electrons. The second-order valence-corrected chi connectivity index (χ2v) is 6.32. The van der Waals surface area contributed by atoms with Crippen LogP contribution in [-0.2, 0) is 14.3 Å². The lowest BCUT2D eigenvalue weighted by molar-refractivity contribution is -0.132. The molecule has 0 aromatic heterocycles. The largest absolute Gasteiger partial charge is 0.382 e. The highest BCUT2D eigenvalue weighted by Crippen LogP contribution is 2.45. The van der Waals surface area contributed by atoms with Gasteiger partial charge in [0.2, 0.25) is 5.91 Å². The molecule has 1 N–H and O–H groups in total. The third-order valence-electron chi connectivity index (χ3n) is 4.93. The highest BCUT2D eigenvalue weighted by atomic mass is 16.5. The van der Waals surface area contributed by atoms with E-state index in [1.807, 2.05) is 0 Å². The van der Waals surface area contributed by atoms with Crippen LogP contribution in [0, 0.1) is 5.92 Å². The molecule has 3 fully saturated rings. The first-order valence-corrected chi connectivity index (χ1v) is 7.92. The Morgan fingerprint density at radius 2 is 2.00 bits per heavy atom. The van der Waals surface area contributed by atoms with Crippen LogP contribution in [0.25, 0.3) is 0 Å². The summed E-state index contributed by atoms with van der Waals surface area (Å²) in [5, 5.41) is 3.63. The van der Waals surface area contributed by atoms with E-state index in [1.54, 1.807) is 7.11 Å². The Kier molecular flexibility index (Phi) is 4.29. The van der Waals surface area contributed by atoms with Crippen molar-refractivity contribution in [1.29, 1.82) is 0 Å². The molecule has 1 unspecified atom stereocenters. The molecule has 0 aromatic rings. The number of ether oxygens (including phenoxy) is 2. The number of nitrogens with one attached hydrogen (secondary N) is 1. The van der Waals surface area contributed by atoms with E-state index in [9.17, 15) is 4.79 Å². The monoisotopic (exact) mass is 282 g/mol. The topological polar surface area (TPSA) is 50.8 Å². The SMILES string of the molecule is COCCOCCN1C(=O)C2(CC2)NC1C1CCCC1. The molecule has 5 heteroatoms. The van der Waals surface area contributed by atoms with Gasteiger partial charge >= 0.3 is 0 Å². The Morgan fingerprint density at radius 3 is 2.65 bits per heavy atom. The van der Waals surface area contributed by atoms with Crippen LogP contribution >= 0.6 is 0 Å². The number of methoxy groups -OCH3 is 1. The van der Waals surface area contributed by atoms with Crippen molar-refractivity contribution in [1.82, 2.24) is 10.2 Å². The summed E-state index contributed by atoms with van der Waals surface area (Å²) in [6.45, 7) is 2.53. The van der Waals surface area contributed by atoms with E-state index in [0.29, 0.717) is 38.2 Å². The second-order valence-electron chi connectivity index (χ2n) is 6.32. The number of nitrogens with zero attached hydrogens (tertiary/aromatic N) is 1. The first-order valence-electron chi connectivity index (χ1n) is 7.92. The van der Waals surface area contributed by atoms with Crippen molar-refractivity contribution in [2.45, 2.75) is 50.2 Å². The maximum Gasteiger partial charge on any atom is 0.244 e. The molecule has 1 saturated heterocycles. The Balaban J connectivity index is 1.55. The zero-order chi connectivity index (χ0) is 14.0. The van der Waals surface area contributed by atoms with Gasteiger partial charge in [0.25, 0.3) is 0 Å². The average molecular weight is 282 g/mol. The fraction of sp³-hybridized carbons (Fsp3) is 0.933. The maximum atomic E-state index is 12.6. The first-order chi connectivity index (χ1) is 9.77. The van der Waals surface area contributed by atoms with Gasteiger partial charge in [-0.2, -0.15) is 0 Å². The molecule has 20 heavy (non-hydrogen) atoms. The van der Waals surface area contributed by atoms with Crippen LogP contribution in [0.15, 0.2) is 0 Å². The molecule has 3 aliphatic rings. The lowest BCUT2D eigenvalue weighted by Gasteiger charge is -2.28. The minimum atomic E-state index is -0.195. The van der Waals surface area contributed by atoms with Crippen LogP contribution in [-0.4, -0.2) is 56.0 Å². The van der Waals surface area contributed by atoms with Crippen molar-refractivity contribution < 1.29 is 14.3 Å². The van der Waals surface area contributed by atoms with Crippen LogP contribution in [0.3, 0.4) is 0 Å². The number of carbonyl (C=O) groups is 1. The van der Waals surface area contributed by atoms with E-state index >= 15 is 0 Å². The third-order valence-corrected chi connectivity index (χ3v) is 4.93. The highest BCUT2D eigenvalue weighted by molar-refractivity contribution is 5.91. The van der Waals surface area contributed by atoms with Crippen molar-refractivity contribution in [3.63, 3.8) is 0 Å². The summed E-state index contributed by atoms with van der Waals surface area (Å²) >= 11 is 0. The zero-order valence-corrected chi connectivity index (χ0v) is 12.4. The highest BCUT2D eigenvalue weighted by Gasteiger charge is 2.60. The quantitative estimate of drug-likeness (QED) is 0.711. The first kappa shape index (κ1) is 14.3. The molecule has 0 bridgehead atoms. The van der Waals surface area contributed by atoms with Crippen LogP contribution in [0.2, 0.25) is 0 Å². The van der Waals surface area contributed by atoms with Gasteiger partial charge in [-0.25, -0.2) is 0 Å². The average Bonchev–Trinajstić information content (AvgIpc) is 2.93. The molecule has 1 heterocycles. The molecule has 2 saturated carbocycles. The van der Waals surface area contributed by atoms with Crippen LogP contribution in [0.4, 0.5) is 0 Å². The van der Waals surface area contributed by atoms with Gasteiger partial charge < -0.3 is 14.4 Å². The van der Waals surface area contributed by atoms with Gasteiger partial charge in [0.05, 0.1) is 31.5 Å². The van der Waals surface area contributed by atoms with E-state index < -0.39 is 0 Å². The molecular formula is C15H26N2O3. The van der Waals surface area contributed by atoms with Gasteiger partial charge in [0.1, 0.15) is 0 Å². The fourth-order valence-electron chi connectivity index (χ4n) is 3.60. The number of rotatable bonds is 7. The van der Waals surface area contributed by atoms with Crippen LogP contribution in [0.1, 0.15) is 38.5 Å². The van der Waals surface area contributed by atoms with Crippen LogP contribution < -0.4 is 5.32 Å². The van der Waals surface area contributed by atoms with E-state index in [2.05, 4.69) is 10.2 Å². The Morgan fingerprint density at radius 1 is 1.25 bits per heavy atom. The molecule has 1 spiro atoms. The Labute approximate surface area is 121 Å². The second kappa shape index (κ2) is 6.00. The molecule has 3 rings (SSSR count). The summed E-state index contributed by atoms with van der Waals surface area (Å²) in [5.74, 6) is 0.947. The van der Waals surface area contributed by atoms with Crippen molar-refractivity contribution in [3.05, 3.63) is 0 Å². The minimum absolute atomic E-state index is 0.195.